The smallest absolute Gasteiger partial charge is 0.229 e. The van der Waals surface area contributed by atoms with Crippen LogP contribution in [0.4, 0.5) is 5.69 Å². The van der Waals surface area contributed by atoms with E-state index >= 15 is 0 Å². The van der Waals surface area contributed by atoms with Crippen LogP contribution in [0.2, 0.25) is 0 Å². The molecular formula is C15H14N2O. The minimum atomic E-state index is 0.589. The molecule has 3 aromatic rings. The van der Waals surface area contributed by atoms with Gasteiger partial charge in [0.05, 0.1) is 5.56 Å². The van der Waals surface area contributed by atoms with Gasteiger partial charge in [-0.1, -0.05) is 18.2 Å². The molecular weight excluding hydrogens is 224 g/mol. The van der Waals surface area contributed by atoms with Gasteiger partial charge in [0.1, 0.15) is 5.52 Å². The zero-order valence-electron chi connectivity index (χ0n) is 10.4. The number of fused-ring (bicyclic) bond motifs is 1. The summed E-state index contributed by atoms with van der Waals surface area (Å²) in [5.41, 5.74) is 11.5. The van der Waals surface area contributed by atoms with E-state index in [1.807, 2.05) is 50.2 Å². The zero-order valence-corrected chi connectivity index (χ0v) is 10.4. The molecule has 1 heterocycles. The summed E-state index contributed by atoms with van der Waals surface area (Å²) in [6.45, 7) is 4.04. The summed E-state index contributed by atoms with van der Waals surface area (Å²) < 4.78 is 5.78. The van der Waals surface area contributed by atoms with Crippen molar-refractivity contribution in [2.75, 3.05) is 5.73 Å². The average Bonchev–Trinajstić information content (AvgIpc) is 2.71. The number of benzene rings is 2. The Balaban J connectivity index is 2.26. The third-order valence-electron chi connectivity index (χ3n) is 3.06. The van der Waals surface area contributed by atoms with Crippen LogP contribution in [0.3, 0.4) is 0 Å². The first-order valence-electron chi connectivity index (χ1n) is 5.88. The summed E-state index contributed by atoms with van der Waals surface area (Å²) in [4.78, 5) is 4.52. The second kappa shape index (κ2) is 3.88. The number of nitrogens with two attached hydrogens (primary N) is 1. The molecule has 0 aliphatic heterocycles. The minimum Gasteiger partial charge on any atom is -0.436 e. The van der Waals surface area contributed by atoms with Crippen LogP contribution in [0.25, 0.3) is 22.6 Å². The second-order valence-electron chi connectivity index (χ2n) is 4.53. The molecule has 0 aliphatic rings. The molecule has 1 aromatic heterocycles. The molecule has 0 bridgehead atoms. The Labute approximate surface area is 105 Å². The van der Waals surface area contributed by atoms with Gasteiger partial charge in [0.15, 0.2) is 5.58 Å². The van der Waals surface area contributed by atoms with Gasteiger partial charge >= 0.3 is 0 Å². The lowest BCUT2D eigenvalue weighted by Crippen LogP contribution is -1.92. The van der Waals surface area contributed by atoms with Crippen LogP contribution in [-0.2, 0) is 0 Å². The van der Waals surface area contributed by atoms with Gasteiger partial charge in [0.2, 0.25) is 5.89 Å². The summed E-state index contributed by atoms with van der Waals surface area (Å²) in [6, 6.07) is 11.8. The number of anilines is 1. The van der Waals surface area contributed by atoms with Gasteiger partial charge in [-0.3, -0.25) is 0 Å². The number of aryl methyl sites for hydroxylation is 2. The standard InChI is InChI=1S/C15H14N2O/c1-9-6-7-13-12(8-9)17-15(18-13)14-10(2)4-3-5-11(14)16/h3-8H,16H2,1-2H3. The highest BCUT2D eigenvalue weighted by molar-refractivity contribution is 5.81. The first-order valence-corrected chi connectivity index (χ1v) is 5.88. The predicted octanol–water partition coefficient (Wildman–Crippen LogP) is 3.69. The van der Waals surface area contributed by atoms with Crippen molar-refractivity contribution in [1.82, 2.24) is 4.98 Å². The Kier molecular flexibility index (Phi) is 2.33. The summed E-state index contributed by atoms with van der Waals surface area (Å²) in [5, 5.41) is 0. The second-order valence-corrected chi connectivity index (χ2v) is 4.53. The predicted molar refractivity (Wildman–Crippen MR) is 73.3 cm³/mol. The van der Waals surface area contributed by atoms with Crippen molar-refractivity contribution in [2.24, 2.45) is 0 Å². The average molecular weight is 238 g/mol. The van der Waals surface area contributed by atoms with Crippen molar-refractivity contribution >= 4 is 16.8 Å². The molecule has 0 radical (unpaired) electrons. The first kappa shape index (κ1) is 10.8. The number of aromatic nitrogens is 1. The van der Waals surface area contributed by atoms with Crippen LogP contribution in [-0.4, -0.2) is 4.98 Å². The van der Waals surface area contributed by atoms with Crippen molar-refractivity contribution in [1.29, 1.82) is 0 Å². The largest absolute Gasteiger partial charge is 0.436 e. The van der Waals surface area contributed by atoms with E-state index in [1.54, 1.807) is 0 Å². The van der Waals surface area contributed by atoms with Crippen LogP contribution in [0.1, 0.15) is 11.1 Å². The maximum Gasteiger partial charge on any atom is 0.229 e. The maximum absolute atomic E-state index is 6.01. The number of nitrogens with zero attached hydrogens (tertiary/aromatic N) is 1. The molecule has 3 heteroatoms. The van der Waals surface area contributed by atoms with Gasteiger partial charge < -0.3 is 10.2 Å². The quantitative estimate of drug-likeness (QED) is 0.658. The topological polar surface area (TPSA) is 52.0 Å². The highest BCUT2D eigenvalue weighted by atomic mass is 16.3. The SMILES string of the molecule is Cc1ccc2oc(-c3c(C)cccc3N)nc2c1. The fourth-order valence-electron chi connectivity index (χ4n) is 2.13. The summed E-state index contributed by atoms with van der Waals surface area (Å²) in [5.74, 6) is 0.589. The van der Waals surface area contributed by atoms with Crippen LogP contribution < -0.4 is 5.73 Å². The molecule has 0 atom stereocenters. The molecule has 0 fully saturated rings. The monoisotopic (exact) mass is 238 g/mol. The molecule has 2 aromatic carbocycles. The van der Waals surface area contributed by atoms with Crippen molar-refractivity contribution in [3.05, 3.63) is 47.5 Å². The van der Waals surface area contributed by atoms with Crippen molar-refractivity contribution in [3.63, 3.8) is 0 Å². The Morgan fingerprint density at radius 3 is 2.72 bits per heavy atom. The van der Waals surface area contributed by atoms with Crippen LogP contribution in [0, 0.1) is 13.8 Å². The van der Waals surface area contributed by atoms with Gasteiger partial charge in [-0.15, -0.1) is 0 Å². The fraction of sp³-hybridized carbons (Fsp3) is 0.133. The molecule has 3 nitrogen and oxygen atoms in total. The van der Waals surface area contributed by atoms with E-state index < -0.39 is 0 Å². The van der Waals surface area contributed by atoms with Gasteiger partial charge in [0.25, 0.3) is 0 Å². The molecule has 90 valence electrons. The Hall–Kier alpha value is -2.29. The number of rotatable bonds is 1. The summed E-state index contributed by atoms with van der Waals surface area (Å²) in [6.07, 6.45) is 0. The van der Waals surface area contributed by atoms with Gasteiger partial charge in [-0.25, -0.2) is 4.98 Å². The lowest BCUT2D eigenvalue weighted by Gasteiger charge is -2.04. The summed E-state index contributed by atoms with van der Waals surface area (Å²) in [7, 11) is 0. The molecule has 0 saturated heterocycles. The summed E-state index contributed by atoms with van der Waals surface area (Å²) >= 11 is 0. The Morgan fingerprint density at radius 1 is 1.11 bits per heavy atom. The Morgan fingerprint density at radius 2 is 1.94 bits per heavy atom. The maximum atomic E-state index is 6.01. The van der Waals surface area contributed by atoms with Gasteiger partial charge in [0, 0.05) is 5.69 Å². The highest BCUT2D eigenvalue weighted by Crippen LogP contribution is 2.31. The van der Waals surface area contributed by atoms with Crippen LogP contribution >= 0.6 is 0 Å². The molecule has 3 rings (SSSR count). The lowest BCUT2D eigenvalue weighted by molar-refractivity contribution is 0.619. The van der Waals surface area contributed by atoms with Crippen LogP contribution in [0.5, 0.6) is 0 Å². The highest BCUT2D eigenvalue weighted by Gasteiger charge is 2.13. The van der Waals surface area contributed by atoms with Crippen molar-refractivity contribution in [2.45, 2.75) is 13.8 Å². The van der Waals surface area contributed by atoms with Crippen LogP contribution in [0.15, 0.2) is 40.8 Å². The number of hydrogen-bond donors (Lipinski definition) is 1. The molecule has 0 spiro atoms. The van der Waals surface area contributed by atoms with E-state index in [4.69, 9.17) is 10.2 Å². The number of oxazole rings is 1. The fourth-order valence-corrected chi connectivity index (χ4v) is 2.13. The van der Waals surface area contributed by atoms with E-state index in [2.05, 4.69) is 4.98 Å². The van der Waals surface area contributed by atoms with E-state index in [0.717, 1.165) is 22.2 Å². The first-order chi connectivity index (χ1) is 8.65. The molecule has 2 N–H and O–H groups in total. The third-order valence-corrected chi connectivity index (χ3v) is 3.06. The Bertz CT molecular complexity index is 708. The number of nitrogen functional groups attached to an aromatic ring is 1. The minimum absolute atomic E-state index is 0.589. The normalized spacial score (nSPS) is 11.0. The third kappa shape index (κ3) is 1.64. The molecule has 0 saturated carbocycles. The van der Waals surface area contributed by atoms with Gasteiger partial charge in [-0.2, -0.15) is 0 Å². The number of hydrogen-bond acceptors (Lipinski definition) is 3. The van der Waals surface area contributed by atoms with E-state index in [0.29, 0.717) is 11.6 Å². The molecule has 0 aliphatic carbocycles. The van der Waals surface area contributed by atoms with Crippen molar-refractivity contribution < 1.29 is 4.42 Å². The zero-order chi connectivity index (χ0) is 12.7. The van der Waals surface area contributed by atoms with Gasteiger partial charge in [-0.05, 0) is 43.2 Å². The van der Waals surface area contributed by atoms with Crippen molar-refractivity contribution in [3.8, 4) is 11.5 Å². The molecule has 0 amide bonds. The van der Waals surface area contributed by atoms with E-state index in [1.165, 1.54) is 5.56 Å². The van der Waals surface area contributed by atoms with E-state index in [-0.39, 0.29) is 0 Å². The van der Waals surface area contributed by atoms with E-state index in [9.17, 15) is 0 Å². The lowest BCUT2D eigenvalue weighted by atomic mass is 10.1. The molecule has 18 heavy (non-hydrogen) atoms. The molecule has 0 unspecified atom stereocenters.